The Balaban J connectivity index is 1.49. The molecular weight excluding hydrogens is 290 g/mol. The summed E-state index contributed by atoms with van der Waals surface area (Å²) in [5, 5.41) is 4.07. The van der Waals surface area contributed by atoms with Gasteiger partial charge in [0.05, 0.1) is 17.1 Å². The zero-order chi connectivity index (χ0) is 16.0. The molecule has 1 aliphatic carbocycles. The molecule has 2 heterocycles. The molecule has 0 bridgehead atoms. The highest BCUT2D eigenvalue weighted by molar-refractivity contribution is 6.06. The molecule has 23 heavy (non-hydrogen) atoms. The summed E-state index contributed by atoms with van der Waals surface area (Å²) in [7, 11) is 1.96. The molecule has 1 saturated heterocycles. The van der Waals surface area contributed by atoms with E-state index in [2.05, 4.69) is 5.32 Å². The van der Waals surface area contributed by atoms with Crippen LogP contribution in [0.3, 0.4) is 0 Å². The number of carbonyl (C=O) groups is 2. The second-order valence-corrected chi connectivity index (χ2v) is 6.63. The van der Waals surface area contributed by atoms with E-state index >= 15 is 0 Å². The molecule has 2 aromatic rings. The van der Waals surface area contributed by atoms with E-state index in [-0.39, 0.29) is 23.8 Å². The largest absolute Gasteiger partial charge is 0.354 e. The van der Waals surface area contributed by atoms with Gasteiger partial charge < -0.3 is 14.8 Å². The molecular formula is C18H21N3O2. The normalized spacial score (nSPS) is 20.4. The third-order valence-corrected chi connectivity index (χ3v) is 4.99. The minimum Gasteiger partial charge on any atom is -0.354 e. The molecule has 2 fully saturated rings. The van der Waals surface area contributed by atoms with E-state index in [1.807, 2.05) is 47.0 Å². The predicted molar refractivity (Wildman–Crippen MR) is 88.1 cm³/mol. The number of aryl methyl sites for hydroxylation is 1. The number of hydrogen-bond donors (Lipinski definition) is 1. The summed E-state index contributed by atoms with van der Waals surface area (Å²) in [5.74, 6) is 0.430. The molecule has 5 nitrogen and oxygen atoms in total. The number of benzene rings is 1. The van der Waals surface area contributed by atoms with Crippen molar-refractivity contribution in [2.24, 2.45) is 13.0 Å². The van der Waals surface area contributed by atoms with E-state index in [1.54, 1.807) is 0 Å². The van der Waals surface area contributed by atoms with Crippen LogP contribution in [0, 0.1) is 5.92 Å². The van der Waals surface area contributed by atoms with Gasteiger partial charge in [-0.05, 0) is 31.4 Å². The second-order valence-electron chi connectivity index (χ2n) is 6.63. The summed E-state index contributed by atoms with van der Waals surface area (Å²) < 4.78 is 1.99. The first-order valence-electron chi connectivity index (χ1n) is 8.28. The van der Waals surface area contributed by atoms with Crippen LogP contribution in [0.25, 0.3) is 10.9 Å². The van der Waals surface area contributed by atoms with Gasteiger partial charge in [-0.1, -0.05) is 12.1 Å². The zero-order valence-electron chi connectivity index (χ0n) is 13.3. The minimum absolute atomic E-state index is 0.0642. The van der Waals surface area contributed by atoms with E-state index in [0.717, 1.165) is 42.3 Å². The molecule has 120 valence electrons. The quantitative estimate of drug-likeness (QED) is 0.938. The van der Waals surface area contributed by atoms with Gasteiger partial charge in [0, 0.05) is 37.6 Å². The van der Waals surface area contributed by atoms with Crippen LogP contribution in [0.4, 0.5) is 0 Å². The average molecular weight is 311 g/mol. The number of aromatic nitrogens is 1. The van der Waals surface area contributed by atoms with Crippen LogP contribution in [0.5, 0.6) is 0 Å². The van der Waals surface area contributed by atoms with Gasteiger partial charge in [-0.2, -0.15) is 0 Å². The third-order valence-electron chi connectivity index (χ3n) is 4.99. The molecule has 4 rings (SSSR count). The van der Waals surface area contributed by atoms with Crippen molar-refractivity contribution in [2.45, 2.75) is 25.3 Å². The van der Waals surface area contributed by atoms with Crippen molar-refractivity contribution in [1.29, 1.82) is 0 Å². The molecule has 1 aromatic carbocycles. The summed E-state index contributed by atoms with van der Waals surface area (Å²) in [6.45, 7) is 1.34. The van der Waals surface area contributed by atoms with Crippen LogP contribution >= 0.6 is 0 Å². The Kier molecular flexibility index (Phi) is 3.36. The van der Waals surface area contributed by atoms with Gasteiger partial charge in [0.25, 0.3) is 5.91 Å². The molecule has 2 amide bonds. The van der Waals surface area contributed by atoms with Crippen molar-refractivity contribution in [3.05, 3.63) is 36.0 Å². The van der Waals surface area contributed by atoms with E-state index in [1.165, 1.54) is 0 Å². The highest BCUT2D eigenvalue weighted by Crippen LogP contribution is 2.29. The first-order valence-corrected chi connectivity index (χ1v) is 8.28. The van der Waals surface area contributed by atoms with Crippen molar-refractivity contribution in [1.82, 2.24) is 14.8 Å². The Morgan fingerprint density at radius 3 is 2.74 bits per heavy atom. The molecule has 0 radical (unpaired) electrons. The molecule has 1 saturated carbocycles. The monoisotopic (exact) mass is 311 g/mol. The molecule has 5 heteroatoms. The Hall–Kier alpha value is -2.30. The Morgan fingerprint density at radius 1 is 1.22 bits per heavy atom. The Morgan fingerprint density at radius 2 is 2.04 bits per heavy atom. The molecule has 1 N–H and O–H groups in total. The van der Waals surface area contributed by atoms with Crippen LogP contribution in [0.2, 0.25) is 0 Å². The second kappa shape index (κ2) is 5.41. The summed E-state index contributed by atoms with van der Waals surface area (Å²) in [6.07, 6.45) is 4.95. The number of para-hydroxylation sites is 1. The number of rotatable bonds is 4. The smallest absolute Gasteiger partial charge is 0.256 e. The number of fused-ring (bicyclic) bond motifs is 1. The molecule has 2 aliphatic rings. The fourth-order valence-electron chi connectivity index (χ4n) is 3.31. The standard InChI is InChI=1S/C18H21N3O2/c1-20-9-7-12-3-2-4-15(16(12)20)18(23)21-10-8-14(21)11-19-17(22)13-5-6-13/h2-4,7,9,13-14H,5-6,8,10-11H2,1H3,(H,19,22). The maximum Gasteiger partial charge on any atom is 0.256 e. The van der Waals surface area contributed by atoms with E-state index in [4.69, 9.17) is 0 Å². The van der Waals surface area contributed by atoms with Crippen molar-refractivity contribution in [2.75, 3.05) is 13.1 Å². The van der Waals surface area contributed by atoms with Gasteiger partial charge in [0.15, 0.2) is 0 Å². The first kappa shape index (κ1) is 14.3. The lowest BCUT2D eigenvalue weighted by atomic mass is 10.00. The van der Waals surface area contributed by atoms with Gasteiger partial charge in [0.2, 0.25) is 5.91 Å². The van der Waals surface area contributed by atoms with Crippen LogP contribution in [0.15, 0.2) is 30.5 Å². The topological polar surface area (TPSA) is 54.3 Å². The summed E-state index contributed by atoms with van der Waals surface area (Å²) in [5.41, 5.74) is 1.72. The van der Waals surface area contributed by atoms with Gasteiger partial charge >= 0.3 is 0 Å². The number of nitrogens with one attached hydrogen (secondary N) is 1. The average Bonchev–Trinajstić information content (AvgIpc) is 3.30. The Bertz CT molecular complexity index is 776. The summed E-state index contributed by atoms with van der Waals surface area (Å²) >= 11 is 0. The van der Waals surface area contributed by atoms with Crippen molar-refractivity contribution >= 4 is 22.7 Å². The van der Waals surface area contributed by atoms with Gasteiger partial charge in [-0.3, -0.25) is 9.59 Å². The lowest BCUT2D eigenvalue weighted by Gasteiger charge is -2.41. The van der Waals surface area contributed by atoms with Crippen LogP contribution in [-0.4, -0.2) is 40.4 Å². The SMILES string of the molecule is Cn1ccc2cccc(C(=O)N3CCC3CNC(=O)C3CC3)c21. The zero-order valence-corrected chi connectivity index (χ0v) is 13.3. The number of hydrogen-bond acceptors (Lipinski definition) is 2. The van der Waals surface area contributed by atoms with Crippen LogP contribution in [0.1, 0.15) is 29.6 Å². The number of nitrogens with zero attached hydrogens (tertiary/aromatic N) is 2. The molecule has 1 aliphatic heterocycles. The lowest BCUT2D eigenvalue weighted by molar-refractivity contribution is -0.122. The van der Waals surface area contributed by atoms with Gasteiger partial charge in [-0.25, -0.2) is 0 Å². The predicted octanol–water partition coefficient (Wildman–Crippen LogP) is 1.92. The minimum atomic E-state index is 0.0642. The van der Waals surface area contributed by atoms with E-state index in [9.17, 15) is 9.59 Å². The summed E-state index contributed by atoms with van der Waals surface area (Å²) in [6, 6.07) is 7.99. The molecule has 0 spiro atoms. The van der Waals surface area contributed by atoms with Crippen LogP contribution in [-0.2, 0) is 11.8 Å². The van der Waals surface area contributed by atoms with Crippen molar-refractivity contribution in [3.63, 3.8) is 0 Å². The van der Waals surface area contributed by atoms with Gasteiger partial charge in [0.1, 0.15) is 0 Å². The fraction of sp³-hybridized carbons (Fsp3) is 0.444. The fourth-order valence-corrected chi connectivity index (χ4v) is 3.31. The van der Waals surface area contributed by atoms with Gasteiger partial charge in [-0.15, -0.1) is 0 Å². The Labute approximate surface area is 135 Å². The van der Waals surface area contributed by atoms with Crippen LogP contribution < -0.4 is 5.32 Å². The maximum absolute atomic E-state index is 12.9. The van der Waals surface area contributed by atoms with E-state index in [0.29, 0.717) is 6.54 Å². The number of amides is 2. The molecule has 1 unspecified atom stereocenters. The maximum atomic E-state index is 12.9. The first-order chi connectivity index (χ1) is 11.1. The number of likely N-dealkylation sites (tertiary alicyclic amines) is 1. The molecule has 1 atom stereocenters. The third kappa shape index (κ3) is 2.50. The highest BCUT2D eigenvalue weighted by Gasteiger charge is 2.35. The van der Waals surface area contributed by atoms with Crippen molar-refractivity contribution in [3.8, 4) is 0 Å². The highest BCUT2D eigenvalue weighted by atomic mass is 16.2. The van der Waals surface area contributed by atoms with Crippen molar-refractivity contribution < 1.29 is 9.59 Å². The lowest BCUT2D eigenvalue weighted by Crippen LogP contribution is -2.56. The number of carbonyl (C=O) groups excluding carboxylic acids is 2. The van der Waals surface area contributed by atoms with E-state index < -0.39 is 0 Å². The summed E-state index contributed by atoms with van der Waals surface area (Å²) in [4.78, 5) is 26.5. The molecule has 1 aromatic heterocycles.